The minimum atomic E-state index is 0.615. The smallest absolute Gasteiger partial charge is 0.264 e. The van der Waals surface area contributed by atoms with Gasteiger partial charge in [-0.1, -0.05) is 11.6 Å². The molecule has 2 aromatic rings. The van der Waals surface area contributed by atoms with E-state index in [-0.39, 0.29) is 0 Å². The van der Waals surface area contributed by atoms with Crippen molar-refractivity contribution in [2.75, 3.05) is 13.1 Å². The molecule has 2 atom stereocenters. The Balaban J connectivity index is 1.44. The van der Waals surface area contributed by atoms with Gasteiger partial charge in [-0.2, -0.15) is 0 Å². The molecule has 5 nitrogen and oxygen atoms in total. The average molecular weight is 312 g/mol. The standard InChI is InChI=1S/C18H24N4O/c1-12-4-6-14-9-22(10-15(14)8-12)11-17-19-20-18(23-17)16-7-5-13(2)21(16)3/h4-5,7,14-15H,6,8-11H2,1-3H3/t14-,15+/m1/s1. The lowest BCUT2D eigenvalue weighted by molar-refractivity contribution is 0.279. The lowest BCUT2D eigenvalue weighted by atomic mass is 9.83. The molecule has 23 heavy (non-hydrogen) atoms. The maximum atomic E-state index is 5.90. The van der Waals surface area contributed by atoms with Gasteiger partial charge in [0.15, 0.2) is 0 Å². The van der Waals surface area contributed by atoms with Crippen molar-refractivity contribution in [3.63, 3.8) is 0 Å². The Kier molecular flexibility index (Phi) is 3.60. The van der Waals surface area contributed by atoms with Crippen molar-refractivity contribution < 1.29 is 4.42 Å². The number of hydrogen-bond donors (Lipinski definition) is 0. The first-order valence-corrected chi connectivity index (χ1v) is 8.43. The summed E-state index contributed by atoms with van der Waals surface area (Å²) >= 11 is 0. The Morgan fingerprint density at radius 3 is 2.78 bits per heavy atom. The number of nitrogens with zero attached hydrogens (tertiary/aromatic N) is 4. The van der Waals surface area contributed by atoms with E-state index in [9.17, 15) is 0 Å². The van der Waals surface area contributed by atoms with E-state index in [1.54, 1.807) is 5.57 Å². The lowest BCUT2D eigenvalue weighted by Gasteiger charge is -2.22. The molecule has 0 bridgehead atoms. The topological polar surface area (TPSA) is 47.1 Å². The first-order valence-electron chi connectivity index (χ1n) is 8.43. The van der Waals surface area contributed by atoms with Crippen molar-refractivity contribution in [3.05, 3.63) is 35.4 Å². The molecule has 122 valence electrons. The van der Waals surface area contributed by atoms with Crippen LogP contribution < -0.4 is 0 Å². The van der Waals surface area contributed by atoms with Crippen molar-refractivity contribution >= 4 is 0 Å². The predicted octanol–water partition coefficient (Wildman–Crippen LogP) is 3.17. The number of aryl methyl sites for hydroxylation is 1. The highest BCUT2D eigenvalue weighted by atomic mass is 16.4. The molecule has 4 rings (SSSR count). The van der Waals surface area contributed by atoms with E-state index in [0.29, 0.717) is 5.89 Å². The summed E-state index contributed by atoms with van der Waals surface area (Å²) in [4.78, 5) is 2.47. The van der Waals surface area contributed by atoms with E-state index in [0.717, 1.165) is 43.1 Å². The molecule has 1 aliphatic heterocycles. The molecule has 1 fully saturated rings. The van der Waals surface area contributed by atoms with Gasteiger partial charge < -0.3 is 8.98 Å². The maximum Gasteiger partial charge on any atom is 0.264 e. The zero-order valence-electron chi connectivity index (χ0n) is 14.1. The Bertz CT molecular complexity index is 742. The molecular weight excluding hydrogens is 288 g/mol. The fourth-order valence-electron chi connectivity index (χ4n) is 3.95. The van der Waals surface area contributed by atoms with E-state index >= 15 is 0 Å². The zero-order chi connectivity index (χ0) is 16.0. The molecule has 0 aromatic carbocycles. The van der Waals surface area contributed by atoms with Gasteiger partial charge in [0, 0.05) is 25.8 Å². The summed E-state index contributed by atoms with van der Waals surface area (Å²) in [6, 6.07) is 4.10. The fourth-order valence-corrected chi connectivity index (χ4v) is 3.95. The van der Waals surface area contributed by atoms with Gasteiger partial charge >= 0.3 is 0 Å². The molecule has 0 amide bonds. The summed E-state index contributed by atoms with van der Waals surface area (Å²) in [5, 5.41) is 8.49. The third kappa shape index (κ3) is 2.74. The Hall–Kier alpha value is -1.88. The minimum Gasteiger partial charge on any atom is -0.418 e. The van der Waals surface area contributed by atoms with Crippen molar-refractivity contribution in [2.45, 2.75) is 33.2 Å². The van der Waals surface area contributed by atoms with Crippen LogP contribution in [-0.4, -0.2) is 32.8 Å². The van der Waals surface area contributed by atoms with Crippen LogP contribution in [0.3, 0.4) is 0 Å². The third-order valence-electron chi connectivity index (χ3n) is 5.42. The van der Waals surface area contributed by atoms with E-state index in [1.807, 2.05) is 13.1 Å². The average Bonchev–Trinajstić information content (AvgIpc) is 3.20. The van der Waals surface area contributed by atoms with E-state index in [4.69, 9.17) is 4.42 Å². The van der Waals surface area contributed by atoms with Crippen LogP contribution in [0.15, 0.2) is 28.2 Å². The first-order chi connectivity index (χ1) is 11.1. The van der Waals surface area contributed by atoms with Gasteiger partial charge in [-0.3, -0.25) is 4.90 Å². The molecule has 0 spiro atoms. The summed E-state index contributed by atoms with van der Waals surface area (Å²) in [6.45, 7) is 7.39. The molecule has 0 N–H and O–H groups in total. The Morgan fingerprint density at radius 1 is 1.17 bits per heavy atom. The van der Waals surface area contributed by atoms with Gasteiger partial charge in [0.2, 0.25) is 5.89 Å². The highest BCUT2D eigenvalue weighted by molar-refractivity contribution is 5.48. The number of rotatable bonds is 3. The molecule has 3 heterocycles. The molecule has 5 heteroatoms. The molecule has 2 aromatic heterocycles. The van der Waals surface area contributed by atoms with Crippen LogP contribution in [0.25, 0.3) is 11.6 Å². The lowest BCUT2D eigenvalue weighted by Crippen LogP contribution is -2.20. The molecular formula is C18H24N4O. The zero-order valence-corrected chi connectivity index (χ0v) is 14.1. The van der Waals surface area contributed by atoms with Gasteiger partial charge in [0.05, 0.1) is 6.54 Å². The Labute approximate surface area is 137 Å². The van der Waals surface area contributed by atoms with Gasteiger partial charge in [-0.25, -0.2) is 0 Å². The molecule has 0 saturated carbocycles. The highest BCUT2D eigenvalue weighted by Crippen LogP contribution is 2.36. The number of allylic oxidation sites excluding steroid dienone is 2. The van der Waals surface area contributed by atoms with Crippen LogP contribution in [0.2, 0.25) is 0 Å². The van der Waals surface area contributed by atoms with Crippen LogP contribution in [0.4, 0.5) is 0 Å². The van der Waals surface area contributed by atoms with Gasteiger partial charge in [0.1, 0.15) is 5.69 Å². The first kappa shape index (κ1) is 14.7. The normalized spacial score (nSPS) is 24.7. The molecule has 1 aliphatic carbocycles. The molecule has 1 saturated heterocycles. The summed E-state index contributed by atoms with van der Waals surface area (Å²) < 4.78 is 7.98. The second kappa shape index (κ2) is 5.64. The number of hydrogen-bond acceptors (Lipinski definition) is 4. The highest BCUT2D eigenvalue weighted by Gasteiger charge is 2.34. The number of likely N-dealkylation sites (tertiary alicyclic amines) is 1. The second-order valence-corrected chi connectivity index (χ2v) is 7.12. The van der Waals surface area contributed by atoms with Crippen LogP contribution in [0.1, 0.15) is 31.4 Å². The number of aromatic nitrogens is 3. The second-order valence-electron chi connectivity index (χ2n) is 7.12. The van der Waals surface area contributed by atoms with Crippen LogP contribution in [0, 0.1) is 18.8 Å². The van der Waals surface area contributed by atoms with Gasteiger partial charge in [0.25, 0.3) is 5.89 Å². The van der Waals surface area contributed by atoms with E-state index < -0.39 is 0 Å². The van der Waals surface area contributed by atoms with Crippen LogP contribution >= 0.6 is 0 Å². The monoisotopic (exact) mass is 312 g/mol. The van der Waals surface area contributed by atoms with Crippen molar-refractivity contribution in [1.82, 2.24) is 19.7 Å². The quantitative estimate of drug-likeness (QED) is 0.817. The summed E-state index contributed by atoms with van der Waals surface area (Å²) in [7, 11) is 2.02. The van der Waals surface area contributed by atoms with Gasteiger partial charge in [-0.15, -0.1) is 10.2 Å². The summed E-state index contributed by atoms with van der Waals surface area (Å²) in [6.07, 6.45) is 4.89. The van der Waals surface area contributed by atoms with Crippen molar-refractivity contribution in [1.29, 1.82) is 0 Å². The van der Waals surface area contributed by atoms with Crippen molar-refractivity contribution in [2.24, 2.45) is 18.9 Å². The van der Waals surface area contributed by atoms with Crippen LogP contribution in [-0.2, 0) is 13.6 Å². The molecule has 0 radical (unpaired) electrons. The third-order valence-corrected chi connectivity index (χ3v) is 5.42. The molecule has 2 aliphatic rings. The van der Waals surface area contributed by atoms with Crippen molar-refractivity contribution in [3.8, 4) is 11.6 Å². The maximum absolute atomic E-state index is 5.90. The summed E-state index contributed by atoms with van der Waals surface area (Å²) in [5.74, 6) is 2.95. The number of fused-ring (bicyclic) bond motifs is 1. The van der Waals surface area contributed by atoms with E-state index in [2.05, 4.69) is 45.7 Å². The molecule has 0 unspecified atom stereocenters. The summed E-state index contributed by atoms with van der Waals surface area (Å²) in [5.41, 5.74) is 3.72. The fraction of sp³-hybridized carbons (Fsp3) is 0.556. The van der Waals surface area contributed by atoms with Gasteiger partial charge in [-0.05, 0) is 50.7 Å². The SMILES string of the molecule is CC1=CC[C@@H]2CN(Cc3nnc(-c4ccc(C)n4C)o3)C[C@@H]2C1. The predicted molar refractivity (Wildman–Crippen MR) is 88.7 cm³/mol. The largest absolute Gasteiger partial charge is 0.418 e. The Morgan fingerprint density at radius 2 is 2.00 bits per heavy atom. The van der Waals surface area contributed by atoms with Crippen LogP contribution in [0.5, 0.6) is 0 Å². The minimum absolute atomic E-state index is 0.615. The van der Waals surface area contributed by atoms with E-state index in [1.165, 1.54) is 18.5 Å².